The molecule has 25 heavy (non-hydrogen) atoms. The fourth-order valence-electron chi connectivity index (χ4n) is 2.45. The zero-order valence-corrected chi connectivity index (χ0v) is 14.6. The molecule has 0 fully saturated rings. The molecule has 2 aromatic heterocycles. The van der Waals surface area contributed by atoms with Gasteiger partial charge in [-0.2, -0.15) is 5.10 Å². The average molecular weight is 356 g/mol. The third-order valence-corrected chi connectivity index (χ3v) is 5.17. The van der Waals surface area contributed by atoms with Crippen LogP contribution >= 0.6 is 0 Å². The standard InChI is InChI=1S/C18H20N4O2S/c23-25(24,15-9-16-4-2-1-3-5-16)20-12-14-22-13-8-18(21-22)17-6-10-19-11-7-17/h1-8,10-11,13,20H,9,12,14-15H2. The maximum absolute atomic E-state index is 12.1. The molecule has 0 unspecified atom stereocenters. The molecule has 0 saturated heterocycles. The van der Waals surface area contributed by atoms with Crippen molar-refractivity contribution in [2.24, 2.45) is 0 Å². The van der Waals surface area contributed by atoms with Gasteiger partial charge in [-0.1, -0.05) is 30.3 Å². The molecule has 0 amide bonds. The second kappa shape index (κ2) is 8.04. The van der Waals surface area contributed by atoms with E-state index in [1.807, 2.05) is 54.7 Å². The van der Waals surface area contributed by atoms with Crippen LogP contribution in [0.4, 0.5) is 0 Å². The summed E-state index contributed by atoms with van der Waals surface area (Å²) >= 11 is 0. The predicted molar refractivity (Wildman–Crippen MR) is 97.4 cm³/mol. The van der Waals surface area contributed by atoms with Crippen LogP contribution in [0.2, 0.25) is 0 Å². The van der Waals surface area contributed by atoms with Gasteiger partial charge >= 0.3 is 0 Å². The molecule has 0 spiro atoms. The summed E-state index contributed by atoms with van der Waals surface area (Å²) in [6.07, 6.45) is 5.78. The van der Waals surface area contributed by atoms with Crippen molar-refractivity contribution < 1.29 is 8.42 Å². The molecule has 0 aliphatic rings. The van der Waals surface area contributed by atoms with Gasteiger partial charge in [-0.15, -0.1) is 0 Å². The molecule has 0 bridgehead atoms. The number of pyridine rings is 1. The number of nitrogens with zero attached hydrogens (tertiary/aromatic N) is 3. The van der Waals surface area contributed by atoms with Gasteiger partial charge in [-0.05, 0) is 30.2 Å². The van der Waals surface area contributed by atoms with Crippen molar-refractivity contribution in [2.45, 2.75) is 13.0 Å². The van der Waals surface area contributed by atoms with Gasteiger partial charge in [0.05, 0.1) is 18.0 Å². The van der Waals surface area contributed by atoms with Gasteiger partial charge in [0.15, 0.2) is 0 Å². The van der Waals surface area contributed by atoms with E-state index in [1.54, 1.807) is 17.1 Å². The zero-order valence-electron chi connectivity index (χ0n) is 13.7. The van der Waals surface area contributed by atoms with Crippen LogP contribution in [0.5, 0.6) is 0 Å². The first-order chi connectivity index (χ1) is 12.1. The van der Waals surface area contributed by atoms with E-state index < -0.39 is 10.0 Å². The van der Waals surface area contributed by atoms with Crippen LogP contribution < -0.4 is 4.72 Å². The van der Waals surface area contributed by atoms with E-state index in [4.69, 9.17) is 0 Å². The molecule has 7 heteroatoms. The van der Waals surface area contributed by atoms with Gasteiger partial charge < -0.3 is 0 Å². The van der Waals surface area contributed by atoms with Gasteiger partial charge in [0.1, 0.15) is 0 Å². The Hall–Kier alpha value is -2.51. The number of rotatable bonds is 8. The summed E-state index contributed by atoms with van der Waals surface area (Å²) in [7, 11) is -3.29. The highest BCUT2D eigenvalue weighted by atomic mass is 32.2. The molecule has 1 N–H and O–H groups in total. The van der Waals surface area contributed by atoms with Crippen LogP contribution in [0, 0.1) is 0 Å². The highest BCUT2D eigenvalue weighted by Gasteiger charge is 2.10. The van der Waals surface area contributed by atoms with Crippen LogP contribution in [0.1, 0.15) is 5.56 Å². The lowest BCUT2D eigenvalue weighted by atomic mass is 10.2. The number of sulfonamides is 1. The molecule has 3 rings (SSSR count). The van der Waals surface area contributed by atoms with Crippen molar-refractivity contribution in [3.05, 3.63) is 72.7 Å². The monoisotopic (exact) mass is 356 g/mol. The van der Waals surface area contributed by atoms with Gasteiger partial charge in [0, 0.05) is 30.7 Å². The fraction of sp³-hybridized carbons (Fsp3) is 0.222. The third-order valence-electron chi connectivity index (χ3n) is 3.78. The normalized spacial score (nSPS) is 11.5. The molecule has 0 saturated carbocycles. The van der Waals surface area contributed by atoms with E-state index in [0.29, 0.717) is 19.5 Å². The molecule has 6 nitrogen and oxygen atoms in total. The van der Waals surface area contributed by atoms with Crippen LogP contribution in [0.15, 0.2) is 67.1 Å². The Morgan fingerprint density at radius 3 is 2.52 bits per heavy atom. The van der Waals surface area contributed by atoms with Crippen molar-refractivity contribution in [3.8, 4) is 11.3 Å². The van der Waals surface area contributed by atoms with Crippen LogP contribution in [-0.4, -0.2) is 35.5 Å². The Bertz CT molecular complexity index is 893. The lowest BCUT2D eigenvalue weighted by Crippen LogP contribution is -2.30. The second-order valence-electron chi connectivity index (χ2n) is 5.65. The van der Waals surface area contributed by atoms with E-state index >= 15 is 0 Å². The molecule has 0 radical (unpaired) electrons. The number of aromatic nitrogens is 3. The van der Waals surface area contributed by atoms with Crippen molar-refractivity contribution in [3.63, 3.8) is 0 Å². The van der Waals surface area contributed by atoms with E-state index in [1.165, 1.54) is 0 Å². The molecular weight excluding hydrogens is 336 g/mol. The summed E-state index contributed by atoms with van der Waals surface area (Å²) in [4.78, 5) is 3.98. The molecular formula is C18H20N4O2S. The maximum atomic E-state index is 12.1. The Morgan fingerprint density at radius 2 is 1.76 bits per heavy atom. The smallest absolute Gasteiger partial charge is 0.211 e. The quantitative estimate of drug-likeness (QED) is 0.671. The zero-order chi connectivity index (χ0) is 17.5. The number of benzene rings is 1. The van der Waals surface area contributed by atoms with Crippen molar-refractivity contribution in [2.75, 3.05) is 12.3 Å². The lowest BCUT2D eigenvalue weighted by Gasteiger charge is -2.07. The van der Waals surface area contributed by atoms with Crippen molar-refractivity contribution >= 4 is 10.0 Å². The minimum absolute atomic E-state index is 0.0817. The van der Waals surface area contributed by atoms with Crippen LogP contribution in [0.3, 0.4) is 0 Å². The van der Waals surface area contributed by atoms with E-state index in [0.717, 1.165) is 16.8 Å². The molecule has 2 heterocycles. The van der Waals surface area contributed by atoms with Gasteiger partial charge in [-0.25, -0.2) is 13.1 Å². The molecule has 3 aromatic rings. The molecule has 130 valence electrons. The Kier molecular flexibility index (Phi) is 5.57. The van der Waals surface area contributed by atoms with Gasteiger partial charge in [-0.3, -0.25) is 9.67 Å². The minimum Gasteiger partial charge on any atom is -0.271 e. The number of hydrogen-bond donors (Lipinski definition) is 1. The van der Waals surface area contributed by atoms with Gasteiger partial charge in [0.25, 0.3) is 0 Å². The highest BCUT2D eigenvalue weighted by molar-refractivity contribution is 7.89. The summed E-state index contributed by atoms with van der Waals surface area (Å²) in [5.74, 6) is 0.0817. The first-order valence-corrected chi connectivity index (χ1v) is 9.73. The van der Waals surface area contributed by atoms with E-state index in [2.05, 4.69) is 14.8 Å². The molecule has 0 aliphatic carbocycles. The Balaban J connectivity index is 1.48. The minimum atomic E-state index is -3.29. The topological polar surface area (TPSA) is 76.9 Å². The summed E-state index contributed by atoms with van der Waals surface area (Å²) in [5, 5.41) is 4.45. The van der Waals surface area contributed by atoms with Crippen LogP contribution in [-0.2, 0) is 23.0 Å². The molecule has 0 aliphatic heterocycles. The van der Waals surface area contributed by atoms with E-state index in [9.17, 15) is 8.42 Å². The summed E-state index contributed by atoms with van der Waals surface area (Å²) in [6.45, 7) is 0.796. The Labute approximate surface area is 147 Å². The molecule has 1 aromatic carbocycles. The second-order valence-corrected chi connectivity index (χ2v) is 7.58. The van der Waals surface area contributed by atoms with Crippen molar-refractivity contribution in [1.29, 1.82) is 0 Å². The first-order valence-electron chi connectivity index (χ1n) is 8.07. The maximum Gasteiger partial charge on any atom is 0.211 e. The lowest BCUT2D eigenvalue weighted by molar-refractivity contribution is 0.561. The Morgan fingerprint density at radius 1 is 1.00 bits per heavy atom. The largest absolute Gasteiger partial charge is 0.271 e. The third kappa shape index (κ3) is 5.23. The summed E-state index contributed by atoms with van der Waals surface area (Å²) < 4.78 is 28.5. The van der Waals surface area contributed by atoms with E-state index in [-0.39, 0.29) is 5.75 Å². The number of hydrogen-bond acceptors (Lipinski definition) is 4. The number of aryl methyl sites for hydroxylation is 1. The number of nitrogens with one attached hydrogen (secondary N) is 1. The first kappa shape index (κ1) is 17.3. The summed E-state index contributed by atoms with van der Waals surface area (Å²) in [5.41, 5.74) is 2.84. The fourth-order valence-corrected chi connectivity index (χ4v) is 3.50. The average Bonchev–Trinajstić information content (AvgIpc) is 3.11. The SMILES string of the molecule is O=S(=O)(CCc1ccccc1)NCCn1ccc(-c2ccncc2)n1. The van der Waals surface area contributed by atoms with Crippen molar-refractivity contribution in [1.82, 2.24) is 19.5 Å². The summed E-state index contributed by atoms with van der Waals surface area (Å²) in [6, 6.07) is 15.3. The van der Waals surface area contributed by atoms with Crippen LogP contribution in [0.25, 0.3) is 11.3 Å². The van der Waals surface area contributed by atoms with Gasteiger partial charge in [0.2, 0.25) is 10.0 Å². The highest BCUT2D eigenvalue weighted by Crippen LogP contribution is 2.14. The predicted octanol–water partition coefficient (Wildman–Crippen LogP) is 2.11. The molecule has 0 atom stereocenters.